The average Bonchev–Trinajstić information content (AvgIpc) is 2.32. The van der Waals surface area contributed by atoms with Crippen molar-refractivity contribution in [3.63, 3.8) is 0 Å². The first-order chi connectivity index (χ1) is 8.15. The monoisotopic (exact) mass is 296 g/mol. The second-order valence-electron chi connectivity index (χ2n) is 5.00. The molecule has 0 saturated carbocycles. The number of piperidine rings is 1. The Kier molecular flexibility index (Phi) is 4.10. The highest BCUT2D eigenvalue weighted by molar-refractivity contribution is 9.10. The van der Waals surface area contributed by atoms with E-state index in [1.807, 2.05) is 0 Å². The fourth-order valence-electron chi connectivity index (χ4n) is 2.69. The maximum absolute atomic E-state index is 5.88. The van der Waals surface area contributed by atoms with Crippen molar-refractivity contribution in [3.05, 3.63) is 28.2 Å². The maximum Gasteiger partial charge on any atom is 0.0425 e. The zero-order valence-corrected chi connectivity index (χ0v) is 12.2. The number of rotatable bonds is 2. The summed E-state index contributed by atoms with van der Waals surface area (Å²) in [7, 11) is 0. The van der Waals surface area contributed by atoms with Crippen molar-refractivity contribution in [2.24, 2.45) is 11.7 Å². The lowest BCUT2D eigenvalue weighted by atomic mass is 9.91. The van der Waals surface area contributed by atoms with E-state index in [0.29, 0.717) is 12.6 Å². The zero-order chi connectivity index (χ0) is 12.4. The summed E-state index contributed by atoms with van der Waals surface area (Å²) in [6.45, 7) is 6.41. The van der Waals surface area contributed by atoms with E-state index in [-0.39, 0.29) is 0 Å². The second-order valence-corrected chi connectivity index (χ2v) is 5.85. The molecule has 2 N–H and O–H groups in total. The summed E-state index contributed by atoms with van der Waals surface area (Å²) >= 11 is 3.60. The van der Waals surface area contributed by atoms with Crippen molar-refractivity contribution in [2.45, 2.75) is 39.3 Å². The molecule has 1 aromatic rings. The van der Waals surface area contributed by atoms with Crippen LogP contribution in [-0.4, -0.2) is 12.6 Å². The van der Waals surface area contributed by atoms with Crippen LogP contribution in [0.25, 0.3) is 0 Å². The molecule has 2 nitrogen and oxygen atoms in total. The quantitative estimate of drug-likeness (QED) is 0.905. The first-order valence-corrected chi connectivity index (χ1v) is 7.18. The molecule has 0 aliphatic carbocycles. The summed E-state index contributed by atoms with van der Waals surface area (Å²) in [6, 6.07) is 6.97. The SMILES string of the molecule is CC1CCCN(c2cccc(Br)c2CN)C1C. The van der Waals surface area contributed by atoms with Gasteiger partial charge in [-0.05, 0) is 37.8 Å². The van der Waals surface area contributed by atoms with Crippen LogP contribution in [0.5, 0.6) is 0 Å². The van der Waals surface area contributed by atoms with E-state index in [0.717, 1.165) is 16.9 Å². The first-order valence-electron chi connectivity index (χ1n) is 6.39. The number of nitrogens with two attached hydrogens (primary N) is 1. The van der Waals surface area contributed by atoms with E-state index in [1.54, 1.807) is 0 Å². The topological polar surface area (TPSA) is 29.3 Å². The van der Waals surface area contributed by atoms with Gasteiger partial charge in [-0.25, -0.2) is 0 Å². The average molecular weight is 297 g/mol. The lowest BCUT2D eigenvalue weighted by Crippen LogP contribution is -2.43. The standard InChI is InChI=1S/C14H21BrN2/c1-10-5-4-8-17(11(10)2)14-7-3-6-13(15)12(14)9-16/h3,6-7,10-11H,4-5,8-9,16H2,1-2H3. The maximum atomic E-state index is 5.88. The third-order valence-electron chi connectivity index (χ3n) is 3.98. The van der Waals surface area contributed by atoms with Crippen molar-refractivity contribution in [3.8, 4) is 0 Å². The van der Waals surface area contributed by atoms with Gasteiger partial charge in [-0.3, -0.25) is 0 Å². The molecule has 0 aromatic heterocycles. The molecule has 1 aromatic carbocycles. The first kappa shape index (κ1) is 12.9. The third-order valence-corrected chi connectivity index (χ3v) is 4.72. The van der Waals surface area contributed by atoms with Crippen LogP contribution < -0.4 is 10.6 Å². The van der Waals surface area contributed by atoms with Crippen LogP contribution in [0.4, 0.5) is 5.69 Å². The Morgan fingerprint density at radius 1 is 1.41 bits per heavy atom. The Balaban J connectivity index is 2.35. The highest BCUT2D eigenvalue weighted by atomic mass is 79.9. The Morgan fingerprint density at radius 3 is 2.88 bits per heavy atom. The van der Waals surface area contributed by atoms with Crippen LogP contribution in [0.2, 0.25) is 0 Å². The largest absolute Gasteiger partial charge is 0.368 e. The lowest BCUT2D eigenvalue weighted by molar-refractivity contribution is 0.363. The Labute approximate surface area is 112 Å². The minimum Gasteiger partial charge on any atom is -0.368 e. The molecule has 2 rings (SSSR count). The van der Waals surface area contributed by atoms with Crippen LogP contribution in [0.1, 0.15) is 32.3 Å². The van der Waals surface area contributed by atoms with Gasteiger partial charge in [-0.1, -0.05) is 28.9 Å². The fraction of sp³-hybridized carbons (Fsp3) is 0.571. The second kappa shape index (κ2) is 5.40. The van der Waals surface area contributed by atoms with Crippen LogP contribution in [-0.2, 0) is 6.54 Å². The number of hydrogen-bond acceptors (Lipinski definition) is 2. The van der Waals surface area contributed by atoms with E-state index >= 15 is 0 Å². The molecule has 2 atom stereocenters. The highest BCUT2D eigenvalue weighted by Gasteiger charge is 2.26. The van der Waals surface area contributed by atoms with Crippen molar-refractivity contribution in [1.29, 1.82) is 0 Å². The van der Waals surface area contributed by atoms with E-state index in [4.69, 9.17) is 5.73 Å². The molecule has 17 heavy (non-hydrogen) atoms. The van der Waals surface area contributed by atoms with E-state index in [2.05, 4.69) is 52.9 Å². The van der Waals surface area contributed by atoms with E-state index < -0.39 is 0 Å². The van der Waals surface area contributed by atoms with Gasteiger partial charge in [-0.2, -0.15) is 0 Å². The molecule has 3 heteroatoms. The van der Waals surface area contributed by atoms with Crippen LogP contribution in [0.15, 0.2) is 22.7 Å². The molecule has 1 heterocycles. The third kappa shape index (κ3) is 2.50. The van der Waals surface area contributed by atoms with Crippen molar-refractivity contribution in [2.75, 3.05) is 11.4 Å². The lowest BCUT2D eigenvalue weighted by Gasteiger charge is -2.40. The van der Waals surface area contributed by atoms with Crippen molar-refractivity contribution >= 4 is 21.6 Å². The molecule has 1 fully saturated rings. The summed E-state index contributed by atoms with van der Waals surface area (Å²) in [4.78, 5) is 2.51. The van der Waals surface area contributed by atoms with Gasteiger partial charge < -0.3 is 10.6 Å². The number of hydrogen-bond donors (Lipinski definition) is 1. The van der Waals surface area contributed by atoms with Crippen molar-refractivity contribution in [1.82, 2.24) is 0 Å². The minimum atomic E-state index is 0.592. The number of anilines is 1. The normalized spacial score (nSPS) is 25.1. The van der Waals surface area contributed by atoms with Gasteiger partial charge in [0.1, 0.15) is 0 Å². The van der Waals surface area contributed by atoms with Gasteiger partial charge in [0.2, 0.25) is 0 Å². The molecule has 1 saturated heterocycles. The molecule has 0 radical (unpaired) electrons. The van der Waals surface area contributed by atoms with E-state index in [1.165, 1.54) is 24.1 Å². The Bertz CT molecular complexity index is 392. The molecule has 94 valence electrons. The number of benzene rings is 1. The molecular weight excluding hydrogens is 276 g/mol. The summed E-state index contributed by atoms with van der Waals surface area (Å²) in [6.07, 6.45) is 2.62. The van der Waals surface area contributed by atoms with Gasteiger partial charge in [0, 0.05) is 34.9 Å². The summed E-state index contributed by atoms with van der Waals surface area (Å²) in [5.41, 5.74) is 8.42. The van der Waals surface area contributed by atoms with Gasteiger partial charge in [0.15, 0.2) is 0 Å². The molecule has 0 amide bonds. The van der Waals surface area contributed by atoms with Crippen molar-refractivity contribution < 1.29 is 0 Å². The minimum absolute atomic E-state index is 0.592. The zero-order valence-electron chi connectivity index (χ0n) is 10.6. The molecule has 0 bridgehead atoms. The van der Waals surface area contributed by atoms with Gasteiger partial charge in [-0.15, -0.1) is 0 Å². The Morgan fingerprint density at radius 2 is 2.18 bits per heavy atom. The predicted octanol–water partition coefficient (Wildman–Crippen LogP) is 3.53. The van der Waals surface area contributed by atoms with Crippen LogP contribution >= 0.6 is 15.9 Å². The number of nitrogens with zero attached hydrogens (tertiary/aromatic N) is 1. The highest BCUT2D eigenvalue weighted by Crippen LogP contribution is 2.33. The Hall–Kier alpha value is -0.540. The summed E-state index contributed by atoms with van der Waals surface area (Å²) < 4.78 is 1.13. The van der Waals surface area contributed by atoms with E-state index in [9.17, 15) is 0 Å². The smallest absolute Gasteiger partial charge is 0.0425 e. The summed E-state index contributed by atoms with van der Waals surface area (Å²) in [5, 5.41) is 0. The molecule has 0 spiro atoms. The molecule has 2 unspecified atom stereocenters. The van der Waals surface area contributed by atoms with Crippen LogP contribution in [0.3, 0.4) is 0 Å². The van der Waals surface area contributed by atoms with Crippen LogP contribution in [0, 0.1) is 5.92 Å². The molecule has 1 aliphatic rings. The molecule has 1 aliphatic heterocycles. The van der Waals surface area contributed by atoms with Gasteiger partial charge >= 0.3 is 0 Å². The van der Waals surface area contributed by atoms with Gasteiger partial charge in [0.05, 0.1) is 0 Å². The van der Waals surface area contributed by atoms with Gasteiger partial charge in [0.25, 0.3) is 0 Å². The fourth-order valence-corrected chi connectivity index (χ4v) is 3.21. The predicted molar refractivity (Wildman–Crippen MR) is 77.2 cm³/mol. The summed E-state index contributed by atoms with van der Waals surface area (Å²) in [5.74, 6) is 0.758. The molecular formula is C14H21BrN2. The number of halogens is 1.